The van der Waals surface area contributed by atoms with E-state index in [9.17, 15) is 4.79 Å². The molecule has 1 saturated carbocycles. The van der Waals surface area contributed by atoms with Gasteiger partial charge in [0.1, 0.15) is 5.54 Å². The van der Waals surface area contributed by atoms with Crippen molar-refractivity contribution in [3.05, 3.63) is 0 Å². The zero-order valence-corrected chi connectivity index (χ0v) is 15.4. The Morgan fingerprint density at radius 3 is 2.52 bits per heavy atom. The van der Waals surface area contributed by atoms with Crippen molar-refractivity contribution in [3.8, 4) is 0 Å². The maximum Gasteiger partial charge on any atom is 0.326 e. The minimum Gasteiger partial charge on any atom is -0.468 e. The summed E-state index contributed by atoms with van der Waals surface area (Å²) in [6, 6.07) is 0.298. The zero-order chi connectivity index (χ0) is 16.0. The fourth-order valence-electron chi connectivity index (χ4n) is 3.27. The predicted molar refractivity (Wildman–Crippen MR) is 91.7 cm³/mol. The van der Waals surface area contributed by atoms with Gasteiger partial charge >= 0.3 is 5.97 Å². The van der Waals surface area contributed by atoms with Crippen LogP contribution in [0.15, 0.2) is 0 Å². The molecule has 1 rings (SSSR count). The molecule has 0 radical (unpaired) electrons. The lowest BCUT2D eigenvalue weighted by Crippen LogP contribution is -2.57. The van der Waals surface area contributed by atoms with E-state index < -0.39 is 5.54 Å². The summed E-state index contributed by atoms with van der Waals surface area (Å²) < 4.78 is 5.13. The van der Waals surface area contributed by atoms with Gasteiger partial charge in [0.15, 0.2) is 0 Å². The van der Waals surface area contributed by atoms with Crippen molar-refractivity contribution in [1.29, 1.82) is 0 Å². The second-order valence-electron chi connectivity index (χ2n) is 6.96. The van der Waals surface area contributed by atoms with Crippen molar-refractivity contribution < 1.29 is 9.53 Å². The molecule has 21 heavy (non-hydrogen) atoms. The summed E-state index contributed by atoms with van der Waals surface area (Å²) in [5.41, 5.74) is -0.454. The maximum atomic E-state index is 12.4. The highest BCUT2D eigenvalue weighted by Gasteiger charge is 2.49. The molecular formula is C17H33NO2S. The smallest absolute Gasteiger partial charge is 0.326 e. The van der Waals surface area contributed by atoms with Crippen molar-refractivity contribution in [2.75, 3.05) is 12.9 Å². The first-order valence-corrected chi connectivity index (χ1v) is 9.36. The van der Waals surface area contributed by atoms with Crippen LogP contribution in [0.25, 0.3) is 0 Å². The first kappa shape index (κ1) is 18.8. The fraction of sp³-hybridized carbons (Fsp3) is 0.941. The van der Waals surface area contributed by atoms with Crippen LogP contribution in [-0.2, 0) is 9.53 Å². The number of carbonyl (C=O) groups excluding carboxylic acids is 1. The Bertz CT molecular complexity index is 333. The van der Waals surface area contributed by atoms with Crippen molar-refractivity contribution in [2.24, 2.45) is 11.8 Å². The minimum absolute atomic E-state index is 0.0689. The lowest BCUT2D eigenvalue weighted by molar-refractivity contribution is -0.150. The molecule has 0 spiro atoms. The highest BCUT2D eigenvalue weighted by atomic mass is 32.2. The number of nitrogens with one attached hydrogen (secondary N) is 1. The van der Waals surface area contributed by atoms with Crippen LogP contribution in [0, 0.1) is 11.8 Å². The van der Waals surface area contributed by atoms with Crippen molar-refractivity contribution in [3.63, 3.8) is 0 Å². The quantitative estimate of drug-likeness (QED) is 0.690. The van der Waals surface area contributed by atoms with Gasteiger partial charge < -0.3 is 4.74 Å². The number of rotatable bonds is 8. The van der Waals surface area contributed by atoms with E-state index in [1.165, 1.54) is 7.11 Å². The SMILES string of the molecule is COC(=O)C1(NC(C)C)CCCC1CCSC(C)C(C)C. The lowest BCUT2D eigenvalue weighted by Gasteiger charge is -2.36. The maximum absolute atomic E-state index is 12.4. The summed E-state index contributed by atoms with van der Waals surface area (Å²) in [4.78, 5) is 12.4. The first-order chi connectivity index (χ1) is 9.83. The molecule has 3 atom stereocenters. The Hall–Kier alpha value is -0.220. The van der Waals surface area contributed by atoms with E-state index in [0.717, 1.165) is 31.4 Å². The van der Waals surface area contributed by atoms with Crippen LogP contribution in [0.4, 0.5) is 0 Å². The normalized spacial score (nSPS) is 27.3. The van der Waals surface area contributed by atoms with Gasteiger partial charge in [0, 0.05) is 11.3 Å². The van der Waals surface area contributed by atoms with E-state index in [1.807, 2.05) is 11.8 Å². The van der Waals surface area contributed by atoms with Gasteiger partial charge in [-0.3, -0.25) is 10.1 Å². The average Bonchev–Trinajstić information content (AvgIpc) is 2.80. The van der Waals surface area contributed by atoms with E-state index in [0.29, 0.717) is 23.1 Å². The van der Waals surface area contributed by atoms with Gasteiger partial charge in [-0.1, -0.05) is 27.2 Å². The lowest BCUT2D eigenvalue weighted by atomic mass is 9.84. The van der Waals surface area contributed by atoms with Gasteiger partial charge in [-0.15, -0.1) is 0 Å². The summed E-state index contributed by atoms with van der Waals surface area (Å²) in [6.45, 7) is 11.0. The van der Waals surface area contributed by atoms with E-state index in [2.05, 4.69) is 39.9 Å². The molecular weight excluding hydrogens is 282 g/mol. The van der Waals surface area contributed by atoms with E-state index in [4.69, 9.17) is 4.74 Å². The van der Waals surface area contributed by atoms with Crippen molar-refractivity contribution in [2.45, 2.75) is 77.1 Å². The number of carbonyl (C=O) groups is 1. The monoisotopic (exact) mass is 315 g/mol. The molecule has 4 heteroatoms. The number of ether oxygens (including phenoxy) is 1. The molecule has 3 unspecified atom stereocenters. The highest BCUT2D eigenvalue weighted by Crippen LogP contribution is 2.40. The summed E-state index contributed by atoms with van der Waals surface area (Å²) in [6.07, 6.45) is 4.25. The molecule has 3 nitrogen and oxygen atoms in total. The fourth-order valence-corrected chi connectivity index (χ4v) is 4.45. The first-order valence-electron chi connectivity index (χ1n) is 8.31. The molecule has 0 heterocycles. The molecule has 1 aliphatic carbocycles. The topological polar surface area (TPSA) is 38.3 Å². The molecule has 0 amide bonds. The van der Waals surface area contributed by atoms with Gasteiger partial charge in [0.25, 0.3) is 0 Å². The Kier molecular flexibility index (Phi) is 7.55. The molecule has 0 bridgehead atoms. The third-order valence-electron chi connectivity index (χ3n) is 4.70. The molecule has 1 N–H and O–H groups in total. The van der Waals surface area contributed by atoms with E-state index in [1.54, 1.807) is 0 Å². The summed E-state index contributed by atoms with van der Waals surface area (Å²) >= 11 is 2.03. The summed E-state index contributed by atoms with van der Waals surface area (Å²) in [7, 11) is 1.51. The molecule has 0 aliphatic heterocycles. The highest BCUT2D eigenvalue weighted by molar-refractivity contribution is 7.99. The van der Waals surface area contributed by atoms with Crippen LogP contribution in [0.1, 0.15) is 60.3 Å². The molecule has 0 aromatic rings. The molecule has 0 aromatic heterocycles. The molecule has 124 valence electrons. The van der Waals surface area contributed by atoms with Crippen LogP contribution in [-0.4, -0.2) is 35.7 Å². The molecule has 1 aliphatic rings. The number of hydrogen-bond acceptors (Lipinski definition) is 4. The van der Waals surface area contributed by atoms with Crippen LogP contribution < -0.4 is 5.32 Å². The Morgan fingerprint density at radius 2 is 2.00 bits per heavy atom. The number of methoxy groups -OCH3 is 1. The Morgan fingerprint density at radius 1 is 1.33 bits per heavy atom. The Balaban J connectivity index is 2.67. The number of hydrogen-bond donors (Lipinski definition) is 1. The molecule has 0 aromatic carbocycles. The van der Waals surface area contributed by atoms with E-state index >= 15 is 0 Å². The van der Waals surface area contributed by atoms with Gasteiger partial charge in [-0.05, 0) is 50.7 Å². The van der Waals surface area contributed by atoms with Gasteiger partial charge in [0.05, 0.1) is 7.11 Å². The standard InChI is InChI=1S/C17H33NO2S/c1-12(2)14(5)21-11-9-15-8-7-10-17(15,16(19)20-6)18-13(3)4/h12-15,18H,7-11H2,1-6H3. The largest absolute Gasteiger partial charge is 0.468 e. The summed E-state index contributed by atoms with van der Waals surface area (Å²) in [5, 5.41) is 4.21. The minimum atomic E-state index is -0.454. The van der Waals surface area contributed by atoms with E-state index in [-0.39, 0.29) is 5.97 Å². The summed E-state index contributed by atoms with van der Waals surface area (Å²) in [5.74, 6) is 2.17. The van der Waals surface area contributed by atoms with Crippen LogP contribution in [0.5, 0.6) is 0 Å². The van der Waals surface area contributed by atoms with Gasteiger partial charge in [-0.25, -0.2) is 0 Å². The van der Waals surface area contributed by atoms with Crippen LogP contribution in [0.2, 0.25) is 0 Å². The molecule has 1 fully saturated rings. The van der Waals surface area contributed by atoms with Crippen molar-refractivity contribution >= 4 is 17.7 Å². The van der Waals surface area contributed by atoms with Gasteiger partial charge in [0.2, 0.25) is 0 Å². The van der Waals surface area contributed by atoms with Crippen molar-refractivity contribution in [1.82, 2.24) is 5.32 Å². The third kappa shape index (κ3) is 4.88. The second kappa shape index (κ2) is 8.42. The third-order valence-corrected chi connectivity index (χ3v) is 6.24. The molecule has 0 saturated heterocycles. The number of esters is 1. The Labute approximate surface area is 135 Å². The zero-order valence-electron chi connectivity index (χ0n) is 14.6. The van der Waals surface area contributed by atoms with Crippen LogP contribution in [0.3, 0.4) is 0 Å². The van der Waals surface area contributed by atoms with Crippen LogP contribution >= 0.6 is 11.8 Å². The second-order valence-corrected chi connectivity index (χ2v) is 8.44. The van der Waals surface area contributed by atoms with Gasteiger partial charge in [-0.2, -0.15) is 11.8 Å². The predicted octanol–water partition coefficient (Wildman–Crippen LogP) is 3.86. The number of thioether (sulfide) groups is 1. The average molecular weight is 316 g/mol.